The molecule has 0 aromatic carbocycles. The second-order valence-corrected chi connectivity index (χ2v) is 48.5. The molecule has 8 fully saturated rings. The molecule has 8 aliphatic rings. The van der Waals surface area contributed by atoms with Crippen molar-refractivity contribution < 1.29 is 0 Å². The van der Waals surface area contributed by atoms with E-state index in [4.69, 9.17) is 79.6 Å². The summed E-state index contributed by atoms with van der Waals surface area (Å²) >= 11 is 66.0. The SMILES string of the molecule is Brc1cn(-c2csc(N3CCCCC3)n2)cn1.Cc1ncn(-c2csc(N3CCCCC3)n2)c1C.Clc1c(Br)ncn1-c1csc(N2CCCCC2)n1.Clc1cn(-c2csc(N3CCCCC3)n2)cn1.Clc1ncn(-c2csc(N3CCCCC3)n2)c1Br.Clc1ncn(-c2csc(N3CCCCC3)n2)c1Cl.Clc1ncn(-c2csc(N3CCCCC3)n2)c1I.Ic1ncn(-c2csc(N3CCCCC3)n2)c1I. The van der Waals surface area contributed by atoms with E-state index in [1.807, 2.05) is 70.1 Å². The van der Waals surface area contributed by atoms with Gasteiger partial charge in [-0.2, -0.15) is 0 Å². The number of hydrogen-bond acceptors (Lipinski definition) is 32. The van der Waals surface area contributed by atoms with Gasteiger partial charge >= 0.3 is 0 Å². The van der Waals surface area contributed by atoms with Crippen LogP contribution in [0.3, 0.4) is 0 Å². The maximum Gasteiger partial charge on any atom is 0.187 e. The van der Waals surface area contributed by atoms with Gasteiger partial charge in [0.1, 0.15) is 85.8 Å². The fourth-order valence-corrected chi connectivity index (χ4v) is 26.9. The summed E-state index contributed by atoms with van der Waals surface area (Å²) in [7, 11) is 0. The zero-order chi connectivity index (χ0) is 98.5. The Balaban J connectivity index is 0.000000112. The van der Waals surface area contributed by atoms with Crippen molar-refractivity contribution in [1.82, 2.24) is 116 Å². The molecule has 32 nitrogen and oxygen atoms in total. The lowest BCUT2D eigenvalue weighted by atomic mass is 10.1. The number of rotatable bonds is 16. The summed E-state index contributed by atoms with van der Waals surface area (Å²) in [5.74, 6) is 7.23. The molecule has 0 radical (unpaired) electrons. The van der Waals surface area contributed by atoms with Crippen molar-refractivity contribution in [3.63, 3.8) is 0 Å². The van der Waals surface area contributed by atoms with E-state index in [9.17, 15) is 0 Å². The molecule has 756 valence electrons. The highest BCUT2D eigenvalue weighted by Gasteiger charge is 2.27. The summed E-state index contributed by atoms with van der Waals surface area (Å²) in [6, 6.07) is 0. The lowest BCUT2D eigenvalue weighted by molar-refractivity contribution is 0.576. The minimum Gasteiger partial charge on any atom is -0.348 e. The van der Waals surface area contributed by atoms with Crippen LogP contribution >= 0.6 is 276 Å². The molecule has 0 aliphatic carbocycles. The normalized spacial score (nSPS) is 16.3. The fraction of sp³-hybridized carbons (Fsp3) is 0.467. The molecule has 0 bridgehead atoms. The van der Waals surface area contributed by atoms with Gasteiger partial charge in [0, 0.05) is 166 Å². The third-order valence-corrected chi connectivity index (χ3v) is 39.9. The highest BCUT2D eigenvalue weighted by Crippen LogP contribution is 2.38. The van der Waals surface area contributed by atoms with E-state index in [1.54, 1.807) is 144 Å². The van der Waals surface area contributed by atoms with Crippen LogP contribution in [0.25, 0.3) is 46.5 Å². The quantitative estimate of drug-likeness (QED) is 0.0813. The molecule has 16 aromatic rings. The van der Waals surface area contributed by atoms with Gasteiger partial charge in [-0.3, -0.25) is 36.5 Å². The molecular formula is C90H104Br3Cl6I3N32S8. The average Bonchev–Trinajstić information content (AvgIpc) is 1.68. The molecule has 0 N–H and O–H groups in total. The van der Waals surface area contributed by atoms with Crippen LogP contribution in [-0.4, -0.2) is 221 Å². The minimum absolute atomic E-state index is 0.309. The first-order chi connectivity index (χ1) is 69.2. The second kappa shape index (κ2) is 53.3. The number of anilines is 8. The lowest BCUT2D eigenvalue weighted by Gasteiger charge is -2.25. The molecule has 0 saturated carbocycles. The number of aryl methyl sites for hydroxylation is 1. The van der Waals surface area contributed by atoms with E-state index < -0.39 is 0 Å². The number of thiazole rings is 8. The van der Waals surface area contributed by atoms with Gasteiger partial charge in [-0.25, -0.2) is 79.7 Å². The van der Waals surface area contributed by atoms with E-state index in [1.165, 1.54) is 160 Å². The van der Waals surface area contributed by atoms with Crippen molar-refractivity contribution in [1.29, 1.82) is 0 Å². The number of nitrogens with zero attached hydrogens (tertiary/aromatic N) is 32. The number of hydrogen-bond donors (Lipinski definition) is 0. The van der Waals surface area contributed by atoms with Crippen molar-refractivity contribution in [2.24, 2.45) is 0 Å². The summed E-state index contributed by atoms with van der Waals surface area (Å²) in [5.41, 5.74) is 2.24. The molecule has 24 heterocycles. The Morgan fingerprint density at radius 3 is 0.810 bits per heavy atom. The van der Waals surface area contributed by atoms with E-state index in [-0.39, 0.29) is 0 Å². The Morgan fingerprint density at radius 2 is 0.535 bits per heavy atom. The summed E-state index contributed by atoms with van der Waals surface area (Å²) in [6.45, 7) is 22.1. The highest BCUT2D eigenvalue weighted by atomic mass is 127. The largest absolute Gasteiger partial charge is 0.348 e. The molecule has 0 unspecified atom stereocenters. The molecule has 52 heteroatoms. The van der Waals surface area contributed by atoms with Crippen LogP contribution in [0.1, 0.15) is 165 Å². The van der Waals surface area contributed by atoms with Crippen LogP contribution in [0.2, 0.25) is 30.9 Å². The van der Waals surface area contributed by atoms with Gasteiger partial charge in [0.15, 0.2) is 108 Å². The smallest absolute Gasteiger partial charge is 0.187 e. The first kappa shape index (κ1) is 108. The minimum atomic E-state index is 0.309. The van der Waals surface area contributed by atoms with Crippen LogP contribution in [0.15, 0.2) is 120 Å². The van der Waals surface area contributed by atoms with Crippen molar-refractivity contribution in [3.05, 3.63) is 173 Å². The van der Waals surface area contributed by atoms with Gasteiger partial charge < -0.3 is 39.2 Å². The van der Waals surface area contributed by atoms with E-state index in [0.29, 0.717) is 35.5 Å². The molecule has 142 heavy (non-hydrogen) atoms. The third-order valence-electron chi connectivity index (χ3n) is 24.6. The summed E-state index contributed by atoms with van der Waals surface area (Å²) < 4.78 is 20.5. The predicted molar refractivity (Wildman–Crippen MR) is 623 cm³/mol. The van der Waals surface area contributed by atoms with E-state index >= 15 is 0 Å². The van der Waals surface area contributed by atoms with Crippen LogP contribution in [-0.2, 0) is 0 Å². The van der Waals surface area contributed by atoms with Crippen LogP contribution in [0.5, 0.6) is 0 Å². The molecule has 24 rings (SSSR count). The number of piperidine rings is 8. The maximum atomic E-state index is 6.14. The molecule has 8 saturated heterocycles. The molecular weight excluding hydrogens is 2620 g/mol. The number of halogens is 12. The van der Waals surface area contributed by atoms with Gasteiger partial charge in [0.05, 0.1) is 5.69 Å². The van der Waals surface area contributed by atoms with Crippen molar-refractivity contribution >= 4 is 317 Å². The van der Waals surface area contributed by atoms with Crippen molar-refractivity contribution in [3.8, 4) is 46.5 Å². The van der Waals surface area contributed by atoms with Gasteiger partial charge in [-0.1, -0.05) is 69.6 Å². The molecule has 0 amide bonds. The number of aromatic nitrogens is 24. The van der Waals surface area contributed by atoms with Crippen molar-refractivity contribution in [2.45, 2.75) is 168 Å². The zero-order valence-electron chi connectivity index (χ0n) is 77.8. The Labute approximate surface area is 953 Å². The highest BCUT2D eigenvalue weighted by molar-refractivity contribution is 14.1. The average molecular weight is 2720 g/mol. The first-order valence-electron chi connectivity index (χ1n) is 47.2. The lowest BCUT2D eigenvalue weighted by Crippen LogP contribution is -2.29. The van der Waals surface area contributed by atoms with E-state index in [2.05, 4.69) is 258 Å². The molecule has 0 atom stereocenters. The third kappa shape index (κ3) is 28.4. The standard InChI is InChI=1S/C13H18N4S.2C11H12BrClN4S.C11H13BrN4S.C11H12Cl2N4S.C11H12ClIN4S.C11H13ClN4S.C11H12I2N4S/c1-10-11(2)17(9-14-10)12-8-18-13(15-12)16-6-4-3-5-7-16;12-9-10(13)14-7-17(9)8-6-18-11(15-8)16-4-2-1-3-5-16;12-9-10(13)17(7-14-9)8-6-18-11(15-8)16-4-2-1-3-5-16;12-9-6-16(8-13-9)10-7-17-11(14-10)15-4-2-1-3-5-15;2*12-9-10(13)17(7-14-9)8-6-18-11(15-8)16-4-2-1-3-5-16;12-9-6-16(8-13-9)10-7-17-11(14-10)15-4-2-1-3-5-15;12-9-10(13)17(7-14-9)8-6-18-11(15-8)16-4-2-1-3-5-16/h8-9H,3-7H2,1-2H3;2*6-7H,1-5H2;6-8H,1-5H2;2*6-7H,1-5H2;6-8H,1-5H2;6-7H,1-5H2. The van der Waals surface area contributed by atoms with Gasteiger partial charge in [0.2, 0.25) is 0 Å². The predicted octanol–water partition coefficient (Wildman–Crippen LogP) is 27.2. The summed E-state index contributed by atoms with van der Waals surface area (Å²) in [4.78, 5) is 89.3. The van der Waals surface area contributed by atoms with Crippen LogP contribution in [0, 0.1) is 24.9 Å². The zero-order valence-corrected chi connectivity index (χ0v) is 100. The van der Waals surface area contributed by atoms with Gasteiger partial charge in [0.25, 0.3) is 0 Å². The van der Waals surface area contributed by atoms with Gasteiger partial charge in [-0.05, 0) is 284 Å². The first-order valence-corrected chi connectivity index (χ1v) is 62.1. The molecule has 8 aliphatic heterocycles. The Bertz CT molecular complexity index is 5760. The second-order valence-electron chi connectivity index (χ2n) is 34.3. The van der Waals surface area contributed by atoms with Gasteiger partial charge in [-0.15, -0.1) is 90.7 Å². The monoisotopic (exact) mass is 2720 g/mol. The Morgan fingerprint density at radius 1 is 0.261 bits per heavy atom. The number of imidazole rings is 8. The van der Waals surface area contributed by atoms with Crippen LogP contribution < -0.4 is 39.2 Å². The van der Waals surface area contributed by atoms with E-state index in [0.717, 1.165) is 218 Å². The maximum absolute atomic E-state index is 6.14. The molecule has 16 aromatic heterocycles. The van der Waals surface area contributed by atoms with Crippen molar-refractivity contribution in [2.75, 3.05) is 144 Å². The Kier molecular flexibility index (Phi) is 40.4. The fourth-order valence-electron chi connectivity index (χ4n) is 16.7. The summed E-state index contributed by atoms with van der Waals surface area (Å²) in [6.07, 6.45) is 48.6. The van der Waals surface area contributed by atoms with Crippen LogP contribution in [0.4, 0.5) is 41.1 Å². The topological polar surface area (TPSA) is 272 Å². The molecule has 0 spiro atoms. The summed E-state index contributed by atoms with van der Waals surface area (Å²) in [5, 5.41) is 28.1. The Hall–Kier alpha value is -5.51.